The fraction of sp³-hybridized carbons (Fsp3) is 0.385. The predicted molar refractivity (Wildman–Crippen MR) is 137 cm³/mol. The van der Waals surface area contributed by atoms with Crippen molar-refractivity contribution >= 4 is 23.5 Å². The van der Waals surface area contributed by atoms with E-state index in [1.807, 2.05) is 36.4 Å². The Morgan fingerprint density at radius 3 is 2.38 bits per heavy atom. The van der Waals surface area contributed by atoms with Gasteiger partial charge in [0.2, 0.25) is 0 Å². The van der Waals surface area contributed by atoms with E-state index in [1.165, 1.54) is 0 Å². The van der Waals surface area contributed by atoms with Gasteiger partial charge >= 0.3 is 0 Å². The van der Waals surface area contributed by atoms with E-state index in [-0.39, 0.29) is 5.91 Å². The molecule has 0 atom stereocenters. The van der Waals surface area contributed by atoms with Crippen molar-refractivity contribution in [3.8, 4) is 0 Å². The summed E-state index contributed by atoms with van der Waals surface area (Å²) < 4.78 is 0. The number of aryl methyl sites for hydroxylation is 1. The second kappa shape index (κ2) is 11.9. The molecule has 0 aliphatic carbocycles. The number of likely N-dealkylation sites (N-methyl/N-ethyl adjacent to an activating group) is 1. The fourth-order valence-corrected chi connectivity index (χ4v) is 4.67. The molecular formula is C26H32N6OS. The van der Waals surface area contributed by atoms with Crippen molar-refractivity contribution in [2.24, 2.45) is 0 Å². The number of rotatable bonds is 9. The van der Waals surface area contributed by atoms with E-state index in [0.717, 1.165) is 72.7 Å². The Morgan fingerprint density at radius 2 is 1.71 bits per heavy atom. The summed E-state index contributed by atoms with van der Waals surface area (Å²) in [5.74, 6) is 1.71. The van der Waals surface area contributed by atoms with Crippen LogP contribution >= 0.6 is 11.8 Å². The van der Waals surface area contributed by atoms with Crippen LogP contribution in [-0.2, 0) is 18.7 Å². The van der Waals surface area contributed by atoms with E-state index >= 15 is 0 Å². The largest absolute Gasteiger partial charge is 0.354 e. The van der Waals surface area contributed by atoms with Crippen LogP contribution in [-0.4, -0.2) is 58.5 Å². The van der Waals surface area contributed by atoms with Gasteiger partial charge in [0.1, 0.15) is 5.82 Å². The van der Waals surface area contributed by atoms with E-state index in [2.05, 4.69) is 40.0 Å². The SMILES string of the molecule is CCc1cc(N2CCN(CC)CC2)nc(SCc2ccc(C(=O)NCc3ccncc3)cc2)n1. The first-order valence-electron chi connectivity index (χ1n) is 11.9. The first kappa shape index (κ1) is 24.2. The zero-order chi connectivity index (χ0) is 23.8. The molecule has 0 saturated carbocycles. The molecule has 0 radical (unpaired) electrons. The number of anilines is 1. The Labute approximate surface area is 206 Å². The number of piperazine rings is 1. The number of aromatic nitrogens is 3. The van der Waals surface area contributed by atoms with Crippen molar-refractivity contribution in [3.63, 3.8) is 0 Å². The highest BCUT2D eigenvalue weighted by Crippen LogP contribution is 2.24. The summed E-state index contributed by atoms with van der Waals surface area (Å²) in [5.41, 5.74) is 3.89. The molecule has 3 aromatic rings. The number of carbonyl (C=O) groups excluding carboxylic acids is 1. The van der Waals surface area contributed by atoms with Gasteiger partial charge < -0.3 is 15.1 Å². The number of nitrogens with zero attached hydrogens (tertiary/aromatic N) is 5. The molecule has 0 spiro atoms. The van der Waals surface area contributed by atoms with Crippen LogP contribution in [0, 0.1) is 0 Å². The molecule has 4 rings (SSSR count). The number of pyridine rings is 1. The molecule has 3 heterocycles. The number of thioether (sulfide) groups is 1. The molecule has 1 aromatic carbocycles. The van der Waals surface area contributed by atoms with Crippen LogP contribution in [0.2, 0.25) is 0 Å². The third-order valence-corrected chi connectivity index (χ3v) is 6.96. The van der Waals surface area contributed by atoms with Crippen molar-refractivity contribution in [2.45, 2.75) is 37.7 Å². The average molecular weight is 477 g/mol. The number of hydrogen-bond acceptors (Lipinski definition) is 7. The summed E-state index contributed by atoms with van der Waals surface area (Å²) in [6.07, 6.45) is 4.34. The summed E-state index contributed by atoms with van der Waals surface area (Å²) >= 11 is 1.64. The van der Waals surface area contributed by atoms with Crippen molar-refractivity contribution < 1.29 is 4.79 Å². The molecule has 1 aliphatic rings. The lowest BCUT2D eigenvalue weighted by Gasteiger charge is -2.34. The van der Waals surface area contributed by atoms with E-state index in [4.69, 9.17) is 9.97 Å². The van der Waals surface area contributed by atoms with Gasteiger partial charge in [0.15, 0.2) is 5.16 Å². The van der Waals surface area contributed by atoms with Crippen LogP contribution in [0.1, 0.15) is 41.0 Å². The Bertz CT molecular complexity index is 1070. The third kappa shape index (κ3) is 6.55. The van der Waals surface area contributed by atoms with Crippen LogP contribution in [0.25, 0.3) is 0 Å². The van der Waals surface area contributed by atoms with Crippen LogP contribution in [0.5, 0.6) is 0 Å². The first-order valence-corrected chi connectivity index (χ1v) is 12.9. The molecule has 2 aromatic heterocycles. The third-order valence-electron chi connectivity index (χ3n) is 6.04. The standard InChI is InChI=1S/C26H32N6OS/c1-3-23-17-24(32-15-13-31(4-2)14-16-32)30-26(29-23)34-19-21-5-7-22(8-6-21)25(33)28-18-20-9-11-27-12-10-20/h5-12,17H,3-4,13-16,18-19H2,1-2H3,(H,28,33). The molecule has 0 bridgehead atoms. The summed E-state index contributed by atoms with van der Waals surface area (Å²) in [5, 5.41) is 3.76. The molecule has 1 amide bonds. The van der Waals surface area contributed by atoms with Crippen molar-refractivity contribution in [1.82, 2.24) is 25.2 Å². The van der Waals surface area contributed by atoms with E-state index in [0.29, 0.717) is 12.1 Å². The van der Waals surface area contributed by atoms with Gasteiger partial charge in [0.05, 0.1) is 0 Å². The molecule has 34 heavy (non-hydrogen) atoms. The van der Waals surface area contributed by atoms with Gasteiger partial charge in [-0.15, -0.1) is 0 Å². The Kier molecular flexibility index (Phi) is 8.49. The summed E-state index contributed by atoms with van der Waals surface area (Å²) in [6.45, 7) is 10.1. The normalized spacial score (nSPS) is 14.2. The summed E-state index contributed by atoms with van der Waals surface area (Å²) in [6, 6.07) is 13.7. The maximum Gasteiger partial charge on any atom is 0.251 e. The quantitative estimate of drug-likeness (QED) is 0.372. The predicted octanol–water partition coefficient (Wildman–Crippen LogP) is 3.80. The van der Waals surface area contributed by atoms with Crippen LogP contribution in [0.15, 0.2) is 60.0 Å². The van der Waals surface area contributed by atoms with Crippen LogP contribution in [0.3, 0.4) is 0 Å². The zero-order valence-corrected chi connectivity index (χ0v) is 20.7. The van der Waals surface area contributed by atoms with Crippen molar-refractivity contribution in [2.75, 3.05) is 37.6 Å². The van der Waals surface area contributed by atoms with Gasteiger partial charge in [-0.3, -0.25) is 9.78 Å². The number of benzene rings is 1. The van der Waals surface area contributed by atoms with Crippen molar-refractivity contribution in [3.05, 3.63) is 77.2 Å². The van der Waals surface area contributed by atoms with Gasteiger partial charge in [0.25, 0.3) is 5.91 Å². The second-order valence-corrected chi connectivity index (χ2v) is 9.24. The molecule has 1 N–H and O–H groups in total. The lowest BCUT2D eigenvalue weighted by Crippen LogP contribution is -2.46. The van der Waals surface area contributed by atoms with E-state index < -0.39 is 0 Å². The number of amides is 1. The molecule has 1 saturated heterocycles. The molecular weight excluding hydrogens is 444 g/mol. The fourth-order valence-electron chi connectivity index (χ4n) is 3.85. The zero-order valence-electron chi connectivity index (χ0n) is 19.9. The lowest BCUT2D eigenvalue weighted by molar-refractivity contribution is 0.0951. The number of carbonyl (C=O) groups is 1. The van der Waals surface area contributed by atoms with Gasteiger partial charge in [-0.1, -0.05) is 37.7 Å². The van der Waals surface area contributed by atoms with Gasteiger partial charge in [-0.2, -0.15) is 0 Å². The molecule has 0 unspecified atom stereocenters. The Balaban J connectivity index is 1.34. The summed E-state index contributed by atoms with van der Waals surface area (Å²) in [4.78, 5) is 30.9. The van der Waals surface area contributed by atoms with Gasteiger partial charge in [-0.05, 0) is 48.4 Å². The Hall–Kier alpha value is -2.97. The van der Waals surface area contributed by atoms with E-state index in [9.17, 15) is 4.79 Å². The highest BCUT2D eigenvalue weighted by atomic mass is 32.2. The topological polar surface area (TPSA) is 74.2 Å². The van der Waals surface area contributed by atoms with Crippen LogP contribution in [0.4, 0.5) is 5.82 Å². The summed E-state index contributed by atoms with van der Waals surface area (Å²) in [7, 11) is 0. The monoisotopic (exact) mass is 476 g/mol. The minimum atomic E-state index is -0.0807. The second-order valence-electron chi connectivity index (χ2n) is 8.30. The smallest absolute Gasteiger partial charge is 0.251 e. The number of hydrogen-bond donors (Lipinski definition) is 1. The molecule has 1 aliphatic heterocycles. The maximum atomic E-state index is 12.4. The van der Waals surface area contributed by atoms with Gasteiger partial charge in [-0.25, -0.2) is 9.97 Å². The van der Waals surface area contributed by atoms with Gasteiger partial charge in [0, 0.05) is 68.2 Å². The maximum absolute atomic E-state index is 12.4. The van der Waals surface area contributed by atoms with Crippen molar-refractivity contribution in [1.29, 1.82) is 0 Å². The average Bonchev–Trinajstić information content (AvgIpc) is 2.91. The molecule has 178 valence electrons. The minimum absolute atomic E-state index is 0.0807. The van der Waals surface area contributed by atoms with E-state index in [1.54, 1.807) is 24.2 Å². The molecule has 7 nitrogen and oxygen atoms in total. The Morgan fingerprint density at radius 1 is 0.971 bits per heavy atom. The number of nitrogens with one attached hydrogen (secondary N) is 1. The molecule has 8 heteroatoms. The highest BCUT2D eigenvalue weighted by Gasteiger charge is 2.18. The van der Waals surface area contributed by atoms with Crippen LogP contribution < -0.4 is 10.2 Å². The first-order chi connectivity index (χ1) is 16.6. The highest BCUT2D eigenvalue weighted by molar-refractivity contribution is 7.98. The minimum Gasteiger partial charge on any atom is -0.354 e. The molecule has 1 fully saturated rings. The lowest BCUT2D eigenvalue weighted by atomic mass is 10.1.